The zero-order chi connectivity index (χ0) is 17.7. The average molecular weight is 352 g/mol. The normalized spacial score (nSPS) is 11.3. The summed E-state index contributed by atoms with van der Waals surface area (Å²) in [5.74, 6) is -0.148. The van der Waals surface area contributed by atoms with Gasteiger partial charge in [0.25, 0.3) is 5.91 Å². The van der Waals surface area contributed by atoms with Gasteiger partial charge in [-0.2, -0.15) is 0 Å². The molecule has 3 rings (SSSR count). The molecule has 4 nitrogen and oxygen atoms in total. The quantitative estimate of drug-likeness (QED) is 0.730. The molecule has 1 aromatic heterocycles. The summed E-state index contributed by atoms with van der Waals surface area (Å²) in [6.07, 6.45) is 0. The molecule has 128 valence electrons. The molecule has 3 aromatic rings. The number of thiazole rings is 1. The standard InChI is InChI=1S/C20H20N2O2S/c1-20(15-9-5-3-6-10-15,16-11-7-4-8-12-16)22-19(23)18-17(13-24-2)21-14-25-18/h3-12,14H,13H2,1-2H3,(H,22,23). The van der Waals surface area contributed by atoms with E-state index in [0.29, 0.717) is 17.2 Å². The summed E-state index contributed by atoms with van der Waals surface area (Å²) in [5.41, 5.74) is 3.73. The van der Waals surface area contributed by atoms with Crippen molar-refractivity contribution >= 4 is 17.2 Å². The maximum absolute atomic E-state index is 13.0. The van der Waals surface area contributed by atoms with E-state index < -0.39 is 5.54 Å². The van der Waals surface area contributed by atoms with Crippen molar-refractivity contribution in [1.29, 1.82) is 0 Å². The van der Waals surface area contributed by atoms with Crippen LogP contribution in [0.4, 0.5) is 0 Å². The van der Waals surface area contributed by atoms with Gasteiger partial charge in [0.05, 0.1) is 23.4 Å². The van der Waals surface area contributed by atoms with Crippen molar-refractivity contribution in [2.45, 2.75) is 19.1 Å². The smallest absolute Gasteiger partial charge is 0.264 e. The second-order valence-corrected chi connectivity index (χ2v) is 6.73. The van der Waals surface area contributed by atoms with Gasteiger partial charge >= 0.3 is 0 Å². The molecule has 0 aliphatic heterocycles. The fraction of sp³-hybridized carbons (Fsp3) is 0.200. The highest BCUT2D eigenvalue weighted by atomic mass is 32.1. The van der Waals surface area contributed by atoms with Crippen LogP contribution in [-0.4, -0.2) is 18.0 Å². The zero-order valence-corrected chi connectivity index (χ0v) is 15.0. The van der Waals surface area contributed by atoms with Crippen LogP contribution >= 0.6 is 11.3 Å². The number of rotatable bonds is 6. The number of ether oxygens (including phenoxy) is 1. The maximum Gasteiger partial charge on any atom is 0.264 e. The summed E-state index contributed by atoms with van der Waals surface area (Å²) in [6, 6.07) is 19.9. The molecule has 1 amide bonds. The number of carbonyl (C=O) groups excluding carboxylic acids is 1. The Bertz CT molecular complexity index is 792. The predicted octanol–water partition coefficient (Wildman–Crippen LogP) is 3.98. The van der Waals surface area contributed by atoms with Gasteiger partial charge in [-0.15, -0.1) is 11.3 Å². The van der Waals surface area contributed by atoms with Gasteiger partial charge < -0.3 is 10.1 Å². The molecular formula is C20H20N2O2S. The maximum atomic E-state index is 13.0. The Hall–Kier alpha value is -2.50. The lowest BCUT2D eigenvalue weighted by Gasteiger charge is -2.32. The van der Waals surface area contributed by atoms with Crippen LogP contribution in [0.15, 0.2) is 66.2 Å². The highest BCUT2D eigenvalue weighted by Crippen LogP contribution is 2.30. The third kappa shape index (κ3) is 3.62. The molecule has 25 heavy (non-hydrogen) atoms. The molecule has 0 aliphatic rings. The van der Waals surface area contributed by atoms with Gasteiger partial charge in [0.2, 0.25) is 0 Å². The zero-order valence-electron chi connectivity index (χ0n) is 14.2. The van der Waals surface area contributed by atoms with Crippen molar-refractivity contribution in [2.24, 2.45) is 0 Å². The number of methoxy groups -OCH3 is 1. The van der Waals surface area contributed by atoms with E-state index >= 15 is 0 Å². The Morgan fingerprint density at radius 2 is 1.64 bits per heavy atom. The Labute approximate surface area is 151 Å². The number of nitrogens with zero attached hydrogens (tertiary/aromatic N) is 1. The van der Waals surface area contributed by atoms with E-state index in [1.807, 2.05) is 67.6 Å². The Morgan fingerprint density at radius 3 is 2.16 bits per heavy atom. The van der Waals surface area contributed by atoms with Crippen LogP contribution in [0.3, 0.4) is 0 Å². The second-order valence-electron chi connectivity index (χ2n) is 5.87. The summed E-state index contributed by atoms with van der Waals surface area (Å²) >= 11 is 1.33. The van der Waals surface area contributed by atoms with Crippen molar-refractivity contribution in [3.05, 3.63) is 87.9 Å². The number of carbonyl (C=O) groups is 1. The Balaban J connectivity index is 1.99. The summed E-state index contributed by atoms with van der Waals surface area (Å²) < 4.78 is 5.14. The van der Waals surface area contributed by atoms with Gasteiger partial charge in [-0.25, -0.2) is 4.98 Å². The largest absolute Gasteiger partial charge is 0.378 e. The molecule has 5 heteroatoms. The molecule has 0 spiro atoms. The van der Waals surface area contributed by atoms with E-state index in [4.69, 9.17) is 4.74 Å². The van der Waals surface area contributed by atoms with Crippen LogP contribution in [0, 0.1) is 0 Å². The van der Waals surface area contributed by atoms with Gasteiger partial charge in [-0.3, -0.25) is 4.79 Å². The lowest BCUT2D eigenvalue weighted by molar-refractivity contribution is 0.0918. The molecule has 0 atom stereocenters. The molecule has 0 saturated carbocycles. The SMILES string of the molecule is COCc1ncsc1C(=O)NC(C)(c1ccccc1)c1ccccc1. The Morgan fingerprint density at radius 1 is 1.08 bits per heavy atom. The van der Waals surface area contributed by atoms with Crippen LogP contribution in [0.1, 0.15) is 33.4 Å². The number of hydrogen-bond donors (Lipinski definition) is 1. The van der Waals surface area contributed by atoms with Crippen molar-refractivity contribution < 1.29 is 9.53 Å². The molecule has 0 fully saturated rings. The minimum Gasteiger partial charge on any atom is -0.378 e. The van der Waals surface area contributed by atoms with E-state index in [1.165, 1.54) is 11.3 Å². The highest BCUT2D eigenvalue weighted by Gasteiger charge is 2.32. The van der Waals surface area contributed by atoms with Gasteiger partial charge in [0.15, 0.2) is 0 Å². The molecule has 0 unspecified atom stereocenters. The molecule has 0 radical (unpaired) electrons. The van der Waals surface area contributed by atoms with Gasteiger partial charge in [-0.05, 0) is 18.1 Å². The van der Waals surface area contributed by atoms with Crippen LogP contribution in [0.25, 0.3) is 0 Å². The first-order chi connectivity index (χ1) is 12.1. The summed E-state index contributed by atoms with van der Waals surface area (Å²) in [5, 5.41) is 3.20. The van der Waals surface area contributed by atoms with E-state index in [0.717, 1.165) is 11.1 Å². The first kappa shape index (κ1) is 17.3. The number of hydrogen-bond acceptors (Lipinski definition) is 4. The van der Waals surface area contributed by atoms with E-state index in [9.17, 15) is 4.79 Å². The summed E-state index contributed by atoms with van der Waals surface area (Å²) in [6.45, 7) is 2.34. The van der Waals surface area contributed by atoms with Crippen LogP contribution in [-0.2, 0) is 16.9 Å². The number of benzene rings is 2. The topological polar surface area (TPSA) is 51.2 Å². The van der Waals surface area contributed by atoms with Gasteiger partial charge in [0, 0.05) is 7.11 Å². The fourth-order valence-corrected chi connectivity index (χ4v) is 3.52. The highest BCUT2D eigenvalue weighted by molar-refractivity contribution is 7.11. The first-order valence-electron chi connectivity index (χ1n) is 8.00. The summed E-state index contributed by atoms with van der Waals surface area (Å²) in [7, 11) is 1.60. The number of nitrogens with one attached hydrogen (secondary N) is 1. The lowest BCUT2D eigenvalue weighted by Crippen LogP contribution is -2.44. The molecule has 0 saturated heterocycles. The third-order valence-electron chi connectivity index (χ3n) is 4.19. The molecular weight excluding hydrogens is 332 g/mol. The van der Waals surface area contributed by atoms with Crippen molar-refractivity contribution in [3.8, 4) is 0 Å². The second kappa shape index (κ2) is 7.59. The van der Waals surface area contributed by atoms with Crippen LogP contribution in [0.5, 0.6) is 0 Å². The third-order valence-corrected chi connectivity index (χ3v) is 5.06. The predicted molar refractivity (Wildman–Crippen MR) is 99.6 cm³/mol. The fourth-order valence-electron chi connectivity index (χ4n) is 2.83. The van der Waals surface area contributed by atoms with Crippen molar-refractivity contribution in [2.75, 3.05) is 7.11 Å². The molecule has 0 bridgehead atoms. The minimum absolute atomic E-state index is 0.148. The van der Waals surface area contributed by atoms with Crippen molar-refractivity contribution in [3.63, 3.8) is 0 Å². The monoisotopic (exact) mass is 352 g/mol. The van der Waals surface area contributed by atoms with E-state index in [-0.39, 0.29) is 5.91 Å². The van der Waals surface area contributed by atoms with E-state index in [2.05, 4.69) is 10.3 Å². The van der Waals surface area contributed by atoms with Crippen LogP contribution < -0.4 is 5.32 Å². The van der Waals surface area contributed by atoms with Crippen molar-refractivity contribution in [1.82, 2.24) is 10.3 Å². The van der Waals surface area contributed by atoms with E-state index in [1.54, 1.807) is 12.6 Å². The number of aromatic nitrogens is 1. The van der Waals surface area contributed by atoms with Gasteiger partial charge in [-0.1, -0.05) is 60.7 Å². The molecule has 0 aliphatic carbocycles. The van der Waals surface area contributed by atoms with Gasteiger partial charge in [0.1, 0.15) is 4.88 Å². The molecule has 2 aromatic carbocycles. The van der Waals surface area contributed by atoms with Crippen LogP contribution in [0.2, 0.25) is 0 Å². The molecule has 1 heterocycles. The average Bonchev–Trinajstić information content (AvgIpc) is 3.12. The first-order valence-corrected chi connectivity index (χ1v) is 8.88. The lowest BCUT2D eigenvalue weighted by atomic mass is 9.84. The molecule has 1 N–H and O–H groups in total. The summed E-state index contributed by atoms with van der Waals surface area (Å²) in [4.78, 5) is 17.8. The minimum atomic E-state index is -0.645. The Kier molecular flexibility index (Phi) is 5.26. The number of amides is 1.